The van der Waals surface area contributed by atoms with E-state index in [1.54, 1.807) is 12.2 Å². The summed E-state index contributed by atoms with van der Waals surface area (Å²) < 4.78 is 14.7. The van der Waals surface area contributed by atoms with E-state index in [9.17, 15) is 14.0 Å². The van der Waals surface area contributed by atoms with Crippen LogP contribution in [0, 0.1) is 30.1 Å². The van der Waals surface area contributed by atoms with Gasteiger partial charge in [0, 0.05) is 40.4 Å². The molecule has 1 aromatic heterocycles. The number of nitrogens with zero attached hydrogens (tertiary/aromatic N) is 3. The Morgan fingerprint density at radius 2 is 1.54 bits per heavy atom. The molecule has 5 rings (SSSR count). The monoisotopic (exact) mass is 897 g/mol. The average Bonchev–Trinajstić information content (AvgIpc) is 3.49. The highest BCUT2D eigenvalue weighted by Gasteiger charge is 2.53. The third kappa shape index (κ3) is 16.2. The fourth-order valence-electron chi connectivity index (χ4n) is 9.55. The third-order valence-electron chi connectivity index (χ3n) is 13.2. The van der Waals surface area contributed by atoms with Crippen molar-refractivity contribution in [2.75, 3.05) is 10.2 Å². The van der Waals surface area contributed by atoms with Crippen LogP contribution in [0.3, 0.4) is 0 Å². The fourth-order valence-corrected chi connectivity index (χ4v) is 9.55. The molecule has 1 aliphatic heterocycles. The number of hydrogen-bond donors (Lipinski definition) is 1. The number of anilines is 2. The summed E-state index contributed by atoms with van der Waals surface area (Å²) in [6.07, 6.45) is 27.2. The highest BCUT2D eigenvalue weighted by Crippen LogP contribution is 2.52. The molecule has 1 aromatic carbocycles. The average molecular weight is 897 g/mol. The van der Waals surface area contributed by atoms with Gasteiger partial charge in [-0.05, 0) is 100 Å². The smallest absolute Gasteiger partial charge is 0.237 e. The Labute approximate surface area is 397 Å². The lowest BCUT2D eigenvalue weighted by atomic mass is 9.70. The highest BCUT2D eigenvalue weighted by molar-refractivity contribution is 6.09. The van der Waals surface area contributed by atoms with Crippen molar-refractivity contribution in [3.05, 3.63) is 71.7 Å². The predicted molar refractivity (Wildman–Crippen MR) is 281 cm³/mol. The molecule has 0 radical (unpaired) electrons. The minimum atomic E-state index is -0.465. The molecule has 0 bridgehead atoms. The SMILES string of the molecule is C=C/C(F)=C(\C=C/C)Nc1nc(-c2ccc3c(c2)N(C2CC(CC)C2)C(=O)C3(CCC)CCC)cc(N=CCC)c1C.CC(C)C.CC(C)C(=O)C1(C)CCCCC1.CCCCCCC. The Morgan fingerprint density at radius 1 is 0.938 bits per heavy atom. The van der Waals surface area contributed by atoms with Gasteiger partial charge in [0.15, 0.2) is 0 Å². The molecule has 2 aliphatic carbocycles. The summed E-state index contributed by atoms with van der Waals surface area (Å²) in [5.41, 5.74) is 5.26. The van der Waals surface area contributed by atoms with Crippen LogP contribution in [-0.4, -0.2) is 28.9 Å². The molecule has 3 aliphatic rings. The topological polar surface area (TPSA) is 74.7 Å². The van der Waals surface area contributed by atoms with Gasteiger partial charge in [0.1, 0.15) is 17.4 Å². The maximum absolute atomic E-state index is 14.7. The van der Waals surface area contributed by atoms with E-state index in [1.165, 1.54) is 57.4 Å². The normalized spacial score (nSPS) is 18.8. The van der Waals surface area contributed by atoms with E-state index in [4.69, 9.17) is 9.98 Å². The van der Waals surface area contributed by atoms with Crippen molar-refractivity contribution < 1.29 is 14.0 Å². The van der Waals surface area contributed by atoms with Crippen molar-refractivity contribution >= 4 is 35.1 Å². The fraction of sp³-hybridized carbons (Fsp3) is 0.655. The van der Waals surface area contributed by atoms with Crippen molar-refractivity contribution in [1.29, 1.82) is 0 Å². The van der Waals surface area contributed by atoms with Crippen molar-refractivity contribution in [2.45, 2.75) is 224 Å². The van der Waals surface area contributed by atoms with Gasteiger partial charge in [-0.3, -0.25) is 14.6 Å². The number of nitrogens with one attached hydrogen (secondary N) is 1. The van der Waals surface area contributed by atoms with Crippen LogP contribution in [0.4, 0.5) is 21.6 Å². The molecule has 1 N–H and O–H groups in total. The number of amides is 1. The number of hydrogen-bond acceptors (Lipinski definition) is 5. The minimum absolute atomic E-state index is 0.0203. The zero-order valence-corrected chi connectivity index (χ0v) is 43.9. The Morgan fingerprint density at radius 3 is 2.03 bits per heavy atom. The molecule has 2 heterocycles. The quantitative estimate of drug-likeness (QED) is 0.0866. The van der Waals surface area contributed by atoms with Gasteiger partial charge < -0.3 is 10.2 Å². The number of rotatable bonds is 19. The number of Topliss-reactive ketones (excluding diaryl/α,β-unsaturated/α-hetero) is 1. The van der Waals surface area contributed by atoms with Crippen LogP contribution < -0.4 is 10.2 Å². The van der Waals surface area contributed by atoms with Crippen LogP contribution in [0.1, 0.15) is 217 Å². The molecule has 7 heteroatoms. The summed E-state index contributed by atoms with van der Waals surface area (Å²) in [7, 11) is 0. The van der Waals surface area contributed by atoms with Crippen LogP contribution in [0.25, 0.3) is 11.3 Å². The zero-order valence-electron chi connectivity index (χ0n) is 43.9. The second-order valence-electron chi connectivity index (χ2n) is 20.1. The molecule has 0 unspecified atom stereocenters. The van der Waals surface area contributed by atoms with Gasteiger partial charge in [-0.2, -0.15) is 0 Å². The Balaban J connectivity index is 0.000000514. The lowest BCUT2D eigenvalue weighted by Gasteiger charge is -2.42. The summed E-state index contributed by atoms with van der Waals surface area (Å²) in [5, 5.41) is 3.19. The lowest BCUT2D eigenvalue weighted by molar-refractivity contribution is -0.132. The number of halogens is 1. The molecule has 2 saturated carbocycles. The van der Waals surface area contributed by atoms with E-state index < -0.39 is 11.2 Å². The summed E-state index contributed by atoms with van der Waals surface area (Å²) in [6.45, 7) is 33.2. The first kappa shape index (κ1) is 57.3. The molecule has 6 nitrogen and oxygen atoms in total. The number of pyridine rings is 1. The first-order valence-electron chi connectivity index (χ1n) is 26.0. The second-order valence-corrected chi connectivity index (χ2v) is 20.1. The van der Waals surface area contributed by atoms with Crippen molar-refractivity contribution in [2.24, 2.45) is 28.2 Å². The predicted octanol–water partition coefficient (Wildman–Crippen LogP) is 17.7. The molecule has 2 fully saturated rings. The number of unbranched alkanes of at least 4 members (excludes halogenated alkanes) is 4. The highest BCUT2D eigenvalue weighted by atomic mass is 19.1. The van der Waals surface area contributed by atoms with Gasteiger partial charge in [-0.1, -0.05) is 179 Å². The van der Waals surface area contributed by atoms with Gasteiger partial charge in [-0.25, -0.2) is 9.37 Å². The summed E-state index contributed by atoms with van der Waals surface area (Å²) >= 11 is 0. The molecular weight excluding hydrogens is 804 g/mol. The number of ketones is 1. The van der Waals surface area contributed by atoms with Crippen LogP contribution in [0.15, 0.2) is 65.6 Å². The number of fused-ring (bicyclic) bond motifs is 1. The number of carbonyl (C=O) groups excluding carboxylic acids is 2. The van der Waals surface area contributed by atoms with Gasteiger partial charge in [-0.15, -0.1) is 0 Å². The molecule has 1 amide bonds. The molecule has 364 valence electrons. The summed E-state index contributed by atoms with van der Waals surface area (Å²) in [5.74, 6) is 2.55. The Kier molecular flexibility index (Phi) is 25.6. The maximum Gasteiger partial charge on any atom is 0.237 e. The molecule has 65 heavy (non-hydrogen) atoms. The lowest BCUT2D eigenvalue weighted by Crippen LogP contribution is -2.50. The van der Waals surface area contributed by atoms with E-state index in [-0.39, 0.29) is 29.0 Å². The Hall–Kier alpha value is -3.87. The van der Waals surface area contributed by atoms with E-state index in [0.717, 1.165) is 104 Å². The van der Waals surface area contributed by atoms with E-state index in [2.05, 4.69) is 97.3 Å². The Bertz CT molecular complexity index is 1850. The zero-order chi connectivity index (χ0) is 48.7. The molecule has 0 saturated heterocycles. The minimum Gasteiger partial charge on any atom is -0.338 e. The summed E-state index contributed by atoms with van der Waals surface area (Å²) in [4.78, 5) is 38.0. The van der Waals surface area contributed by atoms with Gasteiger partial charge in [0.2, 0.25) is 5.91 Å². The summed E-state index contributed by atoms with van der Waals surface area (Å²) in [6, 6.07) is 8.64. The number of aliphatic imine (C=N–C) groups is 1. The van der Waals surface area contributed by atoms with Crippen molar-refractivity contribution in [1.82, 2.24) is 4.98 Å². The van der Waals surface area contributed by atoms with Crippen LogP contribution >= 0.6 is 0 Å². The largest absolute Gasteiger partial charge is 0.338 e. The van der Waals surface area contributed by atoms with Crippen LogP contribution in [-0.2, 0) is 15.0 Å². The molecule has 0 spiro atoms. The molecule has 2 aromatic rings. The van der Waals surface area contributed by atoms with Gasteiger partial charge in [0.05, 0.1) is 22.5 Å². The molecular formula is C58H93FN4O2. The molecule has 0 atom stereocenters. The van der Waals surface area contributed by atoms with Gasteiger partial charge >= 0.3 is 0 Å². The number of aromatic nitrogens is 1. The van der Waals surface area contributed by atoms with Crippen molar-refractivity contribution in [3.8, 4) is 11.3 Å². The third-order valence-corrected chi connectivity index (χ3v) is 13.2. The second kappa shape index (κ2) is 29.0. The number of benzene rings is 1. The van der Waals surface area contributed by atoms with Crippen molar-refractivity contribution in [3.63, 3.8) is 0 Å². The van der Waals surface area contributed by atoms with Crippen LogP contribution in [0.2, 0.25) is 0 Å². The first-order valence-corrected chi connectivity index (χ1v) is 26.0. The van der Waals surface area contributed by atoms with Gasteiger partial charge in [0.25, 0.3) is 0 Å². The maximum atomic E-state index is 14.7. The first-order chi connectivity index (χ1) is 31.0. The van der Waals surface area contributed by atoms with E-state index in [0.29, 0.717) is 17.5 Å². The van der Waals surface area contributed by atoms with E-state index >= 15 is 0 Å². The van der Waals surface area contributed by atoms with Crippen LogP contribution in [0.5, 0.6) is 0 Å². The number of allylic oxidation sites excluding steroid dienone is 4. The van der Waals surface area contributed by atoms with E-state index in [1.807, 2.05) is 46.9 Å². The standard InChI is InChI=1S/C36H47FN4O.C11H20O.C7H16.C4H10/c1-8-14-30(29(37)13-6)39-34-24(7)31(38-19-11-4)23-32(40-34)26-15-16-28-33(22-26)41(27-20-25(12-5)21-27)35(42)36(28,17-9-2)18-10-3;1-9(2)10(12)11(3)7-5-4-6-8-11;1-3-5-7-6-4-2;1-4(2)3/h8,13-16,19,22-23,25,27H,6,9-12,17-18,20-21H2,1-5,7H3,(H,39,40);9H,4-8H2,1-3H3;3-7H2,1-2H3;4H,1-3H3/b14-8-,30-29-,38-19?;;;. The number of carbonyl (C=O) groups is 2.